The Bertz CT molecular complexity index is 536. The highest BCUT2D eigenvalue weighted by molar-refractivity contribution is 9.11. The molecule has 94 valence electrons. The molecule has 2 aromatic rings. The number of nitrogens with one attached hydrogen (secondary N) is 1. The lowest BCUT2D eigenvalue weighted by Crippen LogP contribution is -2.11. The highest BCUT2D eigenvalue weighted by Gasteiger charge is 2.06. The van der Waals surface area contributed by atoms with E-state index in [1.807, 2.05) is 0 Å². The number of hydrogen-bond donors (Lipinski definition) is 1. The first-order valence-electron chi connectivity index (χ1n) is 5.60. The van der Waals surface area contributed by atoms with Crippen molar-refractivity contribution >= 4 is 38.3 Å². The van der Waals surface area contributed by atoms with Crippen LogP contribution in [0.3, 0.4) is 0 Å². The Morgan fingerprint density at radius 1 is 1.39 bits per heavy atom. The highest BCUT2D eigenvalue weighted by atomic mass is 79.9. The van der Waals surface area contributed by atoms with Gasteiger partial charge in [-0.25, -0.2) is 4.98 Å². The summed E-state index contributed by atoms with van der Waals surface area (Å²) in [6.45, 7) is 2.05. The van der Waals surface area contributed by atoms with E-state index < -0.39 is 0 Å². The van der Waals surface area contributed by atoms with Gasteiger partial charge in [-0.15, -0.1) is 0 Å². The van der Waals surface area contributed by atoms with Gasteiger partial charge in [-0.2, -0.15) is 0 Å². The zero-order valence-electron chi connectivity index (χ0n) is 9.94. The minimum atomic E-state index is -0.00238. The van der Waals surface area contributed by atoms with Crippen LogP contribution in [0.1, 0.15) is 17.5 Å². The number of benzene rings is 1. The molecule has 0 saturated heterocycles. The maximum Gasteiger partial charge on any atom is 0.226 e. The monoisotopic (exact) mass is 324 g/mol. The standard InChI is InChI=1S/C13H13BrN2OS/c1-9-2-4-10(5-3-9)6-7-12(17)16-13-15-8-11(14)18-13/h2-5,8H,6-7H2,1H3,(H,15,16,17). The molecular weight excluding hydrogens is 312 g/mol. The minimum absolute atomic E-state index is 0.00238. The van der Waals surface area contributed by atoms with Gasteiger partial charge in [0.1, 0.15) is 0 Å². The minimum Gasteiger partial charge on any atom is -0.302 e. The number of halogens is 1. The van der Waals surface area contributed by atoms with E-state index >= 15 is 0 Å². The van der Waals surface area contributed by atoms with Crippen LogP contribution in [0.25, 0.3) is 0 Å². The lowest BCUT2D eigenvalue weighted by atomic mass is 10.1. The van der Waals surface area contributed by atoms with Crippen molar-refractivity contribution in [2.75, 3.05) is 5.32 Å². The van der Waals surface area contributed by atoms with E-state index in [0.29, 0.717) is 11.6 Å². The molecule has 0 aliphatic rings. The largest absolute Gasteiger partial charge is 0.302 e. The second kappa shape index (κ2) is 6.11. The fourth-order valence-corrected chi connectivity index (χ4v) is 2.63. The van der Waals surface area contributed by atoms with Gasteiger partial charge < -0.3 is 5.32 Å². The summed E-state index contributed by atoms with van der Waals surface area (Å²) in [6.07, 6.45) is 2.90. The van der Waals surface area contributed by atoms with Crippen LogP contribution >= 0.6 is 27.3 Å². The Kier molecular flexibility index (Phi) is 4.49. The summed E-state index contributed by atoms with van der Waals surface area (Å²) in [4.78, 5) is 15.8. The molecule has 0 aliphatic heterocycles. The number of hydrogen-bond acceptors (Lipinski definition) is 3. The molecule has 18 heavy (non-hydrogen) atoms. The number of aryl methyl sites for hydroxylation is 2. The summed E-state index contributed by atoms with van der Waals surface area (Å²) < 4.78 is 0.913. The molecule has 0 spiro atoms. The molecule has 1 amide bonds. The van der Waals surface area contributed by atoms with Crippen LogP contribution in [0.15, 0.2) is 34.2 Å². The van der Waals surface area contributed by atoms with Gasteiger partial charge in [0.25, 0.3) is 0 Å². The molecule has 1 heterocycles. The van der Waals surface area contributed by atoms with Gasteiger partial charge in [0.05, 0.1) is 9.98 Å². The van der Waals surface area contributed by atoms with Crippen molar-refractivity contribution in [2.45, 2.75) is 19.8 Å². The molecule has 0 atom stereocenters. The third-order valence-corrected chi connectivity index (χ3v) is 3.88. The van der Waals surface area contributed by atoms with E-state index in [4.69, 9.17) is 0 Å². The first-order chi connectivity index (χ1) is 8.63. The number of nitrogens with zero attached hydrogens (tertiary/aromatic N) is 1. The predicted molar refractivity (Wildman–Crippen MR) is 77.9 cm³/mol. The molecule has 0 radical (unpaired) electrons. The smallest absolute Gasteiger partial charge is 0.226 e. The van der Waals surface area contributed by atoms with E-state index in [9.17, 15) is 4.79 Å². The molecule has 0 saturated carbocycles. The third kappa shape index (κ3) is 3.92. The summed E-state index contributed by atoms with van der Waals surface area (Å²) in [5, 5.41) is 3.42. The topological polar surface area (TPSA) is 42.0 Å². The van der Waals surface area contributed by atoms with Gasteiger partial charge >= 0.3 is 0 Å². The summed E-state index contributed by atoms with van der Waals surface area (Å²) >= 11 is 4.72. The van der Waals surface area contributed by atoms with E-state index in [2.05, 4.69) is 57.4 Å². The predicted octanol–water partition coefficient (Wildman–Crippen LogP) is 3.79. The van der Waals surface area contributed by atoms with Gasteiger partial charge in [-0.05, 0) is 34.8 Å². The van der Waals surface area contributed by atoms with Crippen LogP contribution in [0.5, 0.6) is 0 Å². The molecule has 1 aromatic carbocycles. The number of carbonyl (C=O) groups is 1. The van der Waals surface area contributed by atoms with Crippen molar-refractivity contribution in [3.63, 3.8) is 0 Å². The Labute approximate surface area is 118 Å². The Balaban J connectivity index is 1.83. The van der Waals surface area contributed by atoms with Crippen molar-refractivity contribution in [1.29, 1.82) is 0 Å². The third-order valence-electron chi connectivity index (χ3n) is 2.49. The van der Waals surface area contributed by atoms with E-state index in [-0.39, 0.29) is 5.91 Å². The van der Waals surface area contributed by atoms with Gasteiger partial charge in [-0.3, -0.25) is 4.79 Å². The van der Waals surface area contributed by atoms with Gasteiger partial charge in [0, 0.05) is 6.42 Å². The van der Waals surface area contributed by atoms with Crippen molar-refractivity contribution in [3.05, 3.63) is 45.4 Å². The Morgan fingerprint density at radius 2 is 2.11 bits per heavy atom. The van der Waals surface area contributed by atoms with E-state index in [1.54, 1.807) is 6.20 Å². The number of amides is 1. The van der Waals surface area contributed by atoms with Crippen LogP contribution in [-0.2, 0) is 11.2 Å². The molecule has 0 aliphatic carbocycles. The van der Waals surface area contributed by atoms with Gasteiger partial charge in [0.2, 0.25) is 5.91 Å². The van der Waals surface area contributed by atoms with Crippen LogP contribution in [0, 0.1) is 6.92 Å². The van der Waals surface area contributed by atoms with Crippen molar-refractivity contribution < 1.29 is 4.79 Å². The van der Waals surface area contributed by atoms with Crippen molar-refractivity contribution in [3.8, 4) is 0 Å². The van der Waals surface area contributed by atoms with E-state index in [1.165, 1.54) is 22.5 Å². The van der Waals surface area contributed by atoms with Crippen molar-refractivity contribution in [1.82, 2.24) is 4.98 Å². The summed E-state index contributed by atoms with van der Waals surface area (Å²) in [5.74, 6) is -0.00238. The molecule has 3 nitrogen and oxygen atoms in total. The van der Waals surface area contributed by atoms with Crippen molar-refractivity contribution in [2.24, 2.45) is 0 Å². The average Bonchev–Trinajstić information content (AvgIpc) is 2.74. The van der Waals surface area contributed by atoms with E-state index in [0.717, 1.165) is 10.2 Å². The number of aromatic nitrogens is 1. The van der Waals surface area contributed by atoms with Crippen LogP contribution in [0.2, 0.25) is 0 Å². The quantitative estimate of drug-likeness (QED) is 0.929. The second-order valence-electron chi connectivity index (χ2n) is 4.00. The van der Waals surface area contributed by atoms with Crippen LogP contribution < -0.4 is 5.32 Å². The fraction of sp³-hybridized carbons (Fsp3) is 0.231. The lowest BCUT2D eigenvalue weighted by molar-refractivity contribution is -0.116. The van der Waals surface area contributed by atoms with Gasteiger partial charge in [0.15, 0.2) is 5.13 Å². The first kappa shape index (κ1) is 13.2. The average molecular weight is 325 g/mol. The molecule has 5 heteroatoms. The number of carbonyl (C=O) groups excluding carboxylic acids is 1. The van der Waals surface area contributed by atoms with Gasteiger partial charge in [-0.1, -0.05) is 41.2 Å². The Hall–Kier alpha value is -1.20. The molecule has 0 fully saturated rings. The van der Waals surface area contributed by atoms with Crippen LogP contribution in [-0.4, -0.2) is 10.9 Å². The zero-order valence-corrected chi connectivity index (χ0v) is 12.3. The normalized spacial score (nSPS) is 10.3. The zero-order chi connectivity index (χ0) is 13.0. The number of anilines is 1. The van der Waals surface area contributed by atoms with Crippen LogP contribution in [0.4, 0.5) is 5.13 Å². The summed E-state index contributed by atoms with van der Waals surface area (Å²) in [6, 6.07) is 8.24. The molecular formula is C13H13BrN2OS. The number of thiazole rings is 1. The molecule has 0 bridgehead atoms. The molecule has 1 N–H and O–H groups in total. The lowest BCUT2D eigenvalue weighted by Gasteiger charge is -2.02. The Morgan fingerprint density at radius 3 is 2.72 bits per heavy atom. The molecule has 2 rings (SSSR count). The molecule has 0 unspecified atom stereocenters. The summed E-state index contributed by atoms with van der Waals surface area (Å²) in [7, 11) is 0. The second-order valence-corrected chi connectivity index (χ2v) is 6.41. The fourth-order valence-electron chi connectivity index (χ4n) is 1.51. The molecule has 1 aromatic heterocycles. The number of rotatable bonds is 4. The first-order valence-corrected chi connectivity index (χ1v) is 7.21. The maximum absolute atomic E-state index is 11.7. The highest BCUT2D eigenvalue weighted by Crippen LogP contribution is 2.23. The maximum atomic E-state index is 11.7. The summed E-state index contributed by atoms with van der Waals surface area (Å²) in [5.41, 5.74) is 2.41. The SMILES string of the molecule is Cc1ccc(CCC(=O)Nc2ncc(Br)s2)cc1.